The number of rotatable bonds is 4. The van der Waals surface area contributed by atoms with Crippen molar-refractivity contribution in [2.24, 2.45) is 0 Å². The fraction of sp³-hybridized carbons (Fsp3) is 0.375. The number of nitrogens with zero attached hydrogens (tertiary/aromatic N) is 1. The van der Waals surface area contributed by atoms with Crippen molar-refractivity contribution < 1.29 is 19.5 Å². The third-order valence-corrected chi connectivity index (χ3v) is 6.17. The molecule has 1 fully saturated rings. The Morgan fingerprint density at radius 2 is 1.63 bits per heavy atom. The summed E-state index contributed by atoms with van der Waals surface area (Å²) >= 11 is 0. The quantitative estimate of drug-likeness (QED) is 0.694. The first kappa shape index (κ1) is 20.3. The topological polar surface area (TPSA) is 86.7 Å². The number of benzene rings is 2. The molecule has 6 nitrogen and oxygen atoms in total. The van der Waals surface area contributed by atoms with Crippen LogP contribution in [0.1, 0.15) is 75.3 Å². The van der Waals surface area contributed by atoms with E-state index < -0.39 is 0 Å². The zero-order valence-electron chi connectivity index (χ0n) is 17.3. The summed E-state index contributed by atoms with van der Waals surface area (Å²) in [6.07, 6.45) is 2.95. The van der Waals surface area contributed by atoms with Crippen LogP contribution in [0.5, 0.6) is 0 Å². The lowest BCUT2D eigenvalue weighted by atomic mass is 9.81. The number of anilines is 1. The molecule has 1 saturated heterocycles. The fourth-order valence-corrected chi connectivity index (χ4v) is 4.69. The Morgan fingerprint density at radius 1 is 1.00 bits per heavy atom. The maximum absolute atomic E-state index is 13.6. The summed E-state index contributed by atoms with van der Waals surface area (Å²) < 4.78 is 0. The first-order chi connectivity index (χ1) is 14.5. The van der Waals surface area contributed by atoms with E-state index in [1.54, 1.807) is 36.4 Å². The van der Waals surface area contributed by atoms with Crippen molar-refractivity contribution in [2.75, 3.05) is 18.5 Å². The molecule has 1 aliphatic heterocycles. The normalized spacial score (nSPS) is 20.6. The predicted molar refractivity (Wildman–Crippen MR) is 114 cm³/mol. The molecule has 156 valence electrons. The van der Waals surface area contributed by atoms with Gasteiger partial charge < -0.3 is 15.3 Å². The molecule has 1 heterocycles. The minimum absolute atomic E-state index is 0.0982. The van der Waals surface area contributed by atoms with Crippen LogP contribution in [-0.2, 0) is 0 Å². The van der Waals surface area contributed by atoms with Crippen LogP contribution in [0.25, 0.3) is 0 Å². The fourth-order valence-electron chi connectivity index (χ4n) is 4.69. The Balaban J connectivity index is 1.86. The van der Waals surface area contributed by atoms with Crippen LogP contribution in [0.2, 0.25) is 0 Å². The van der Waals surface area contributed by atoms with Gasteiger partial charge in [0.05, 0.1) is 23.4 Å². The summed E-state index contributed by atoms with van der Waals surface area (Å²) in [5.41, 5.74) is 1.92. The minimum Gasteiger partial charge on any atom is -0.395 e. The molecule has 1 amide bonds. The summed E-state index contributed by atoms with van der Waals surface area (Å²) in [7, 11) is 0. The number of piperidine rings is 1. The summed E-state index contributed by atoms with van der Waals surface area (Å²) in [6.45, 7) is 4.09. The molecule has 2 N–H and O–H groups in total. The van der Waals surface area contributed by atoms with Crippen molar-refractivity contribution in [1.29, 1.82) is 0 Å². The van der Waals surface area contributed by atoms with E-state index in [9.17, 15) is 19.5 Å². The number of carbonyl (C=O) groups excluding carboxylic acids is 3. The number of carbonyl (C=O) groups is 3. The lowest BCUT2D eigenvalue weighted by Crippen LogP contribution is -2.47. The lowest BCUT2D eigenvalue weighted by molar-refractivity contribution is 0.0511. The highest BCUT2D eigenvalue weighted by atomic mass is 16.3. The number of ketones is 2. The average molecular weight is 406 g/mol. The van der Waals surface area contributed by atoms with Gasteiger partial charge >= 0.3 is 0 Å². The van der Waals surface area contributed by atoms with Crippen molar-refractivity contribution in [2.45, 2.75) is 45.2 Å². The monoisotopic (exact) mass is 406 g/mol. The van der Waals surface area contributed by atoms with E-state index in [1.165, 1.54) is 0 Å². The van der Waals surface area contributed by atoms with E-state index in [-0.39, 0.29) is 53.8 Å². The molecule has 0 radical (unpaired) electrons. The average Bonchev–Trinajstić information content (AvgIpc) is 2.75. The molecular weight excluding hydrogens is 380 g/mol. The number of nitrogens with one attached hydrogen (secondary N) is 1. The third-order valence-electron chi connectivity index (χ3n) is 6.17. The second kappa shape index (κ2) is 8.03. The van der Waals surface area contributed by atoms with Crippen molar-refractivity contribution in [3.05, 3.63) is 64.2 Å². The Hall–Kier alpha value is -2.99. The van der Waals surface area contributed by atoms with Crippen molar-refractivity contribution in [3.63, 3.8) is 0 Å². The van der Waals surface area contributed by atoms with Crippen LogP contribution < -0.4 is 5.32 Å². The van der Waals surface area contributed by atoms with Crippen LogP contribution in [0.4, 0.5) is 5.69 Å². The summed E-state index contributed by atoms with van der Waals surface area (Å²) in [5.74, 6) is -0.668. The van der Waals surface area contributed by atoms with Gasteiger partial charge in [-0.3, -0.25) is 14.4 Å². The van der Waals surface area contributed by atoms with Gasteiger partial charge in [-0.15, -0.1) is 0 Å². The van der Waals surface area contributed by atoms with Crippen molar-refractivity contribution in [3.8, 4) is 0 Å². The highest BCUT2D eigenvalue weighted by Gasteiger charge is 2.36. The Bertz CT molecular complexity index is 1020. The molecule has 30 heavy (non-hydrogen) atoms. The molecule has 1 aliphatic carbocycles. The summed E-state index contributed by atoms with van der Waals surface area (Å²) in [5, 5.41) is 12.4. The molecule has 4 rings (SSSR count). The largest absolute Gasteiger partial charge is 0.395 e. The van der Waals surface area contributed by atoms with Gasteiger partial charge in [-0.05, 0) is 45.2 Å². The molecule has 2 aromatic carbocycles. The highest BCUT2D eigenvalue weighted by Crippen LogP contribution is 2.36. The smallest absolute Gasteiger partial charge is 0.256 e. The van der Waals surface area contributed by atoms with E-state index in [2.05, 4.69) is 5.32 Å². The van der Waals surface area contributed by atoms with Gasteiger partial charge in [0.15, 0.2) is 11.6 Å². The van der Waals surface area contributed by atoms with E-state index >= 15 is 0 Å². The Labute approximate surface area is 175 Å². The van der Waals surface area contributed by atoms with E-state index in [4.69, 9.17) is 0 Å². The molecule has 0 unspecified atom stereocenters. The number of likely N-dealkylation sites (tertiary alicyclic amines) is 1. The molecule has 0 spiro atoms. The van der Waals surface area contributed by atoms with Gasteiger partial charge in [-0.25, -0.2) is 0 Å². The highest BCUT2D eigenvalue weighted by molar-refractivity contribution is 6.31. The van der Waals surface area contributed by atoms with E-state index in [1.807, 2.05) is 18.7 Å². The third kappa shape index (κ3) is 3.21. The zero-order valence-corrected chi connectivity index (χ0v) is 17.3. The van der Waals surface area contributed by atoms with Crippen molar-refractivity contribution >= 4 is 23.2 Å². The summed E-state index contributed by atoms with van der Waals surface area (Å²) in [6, 6.07) is 10.2. The maximum Gasteiger partial charge on any atom is 0.256 e. The SMILES string of the molecule is C[C@@H]1CCC[C@H](C)N1C(=O)c1ccc2c(c1NCCO)C(=O)c1ccccc1C2=O. The molecule has 0 aromatic heterocycles. The van der Waals surface area contributed by atoms with E-state index in [0.29, 0.717) is 22.4 Å². The molecule has 6 heteroatoms. The Kier molecular flexibility index (Phi) is 5.43. The van der Waals surface area contributed by atoms with Crippen LogP contribution in [0.3, 0.4) is 0 Å². The van der Waals surface area contributed by atoms with E-state index in [0.717, 1.165) is 19.3 Å². The van der Waals surface area contributed by atoms with Gasteiger partial charge in [-0.1, -0.05) is 24.3 Å². The molecule has 0 bridgehead atoms. The number of fused-ring (bicyclic) bond motifs is 2. The number of hydrogen-bond donors (Lipinski definition) is 2. The lowest BCUT2D eigenvalue weighted by Gasteiger charge is -2.39. The van der Waals surface area contributed by atoms with Crippen molar-refractivity contribution in [1.82, 2.24) is 4.90 Å². The standard InChI is InChI=1S/C24H26N2O4/c1-14-6-5-7-15(2)26(14)24(30)19-11-10-18-20(21(19)25-12-13-27)23(29)17-9-4-3-8-16(17)22(18)28/h3-4,8-11,14-15,25,27H,5-7,12-13H2,1-2H3/t14-,15+. The first-order valence-corrected chi connectivity index (χ1v) is 10.5. The molecular formula is C24H26N2O4. The van der Waals surface area contributed by atoms with Gasteiger partial charge in [0.1, 0.15) is 0 Å². The van der Waals surface area contributed by atoms with Gasteiger partial charge in [-0.2, -0.15) is 0 Å². The maximum atomic E-state index is 13.6. The second-order valence-corrected chi connectivity index (χ2v) is 8.11. The second-order valence-electron chi connectivity index (χ2n) is 8.11. The van der Waals surface area contributed by atoms with Crippen LogP contribution in [0, 0.1) is 0 Å². The predicted octanol–water partition coefficient (Wildman–Crippen LogP) is 3.27. The molecule has 2 atom stereocenters. The Morgan fingerprint density at radius 3 is 2.27 bits per heavy atom. The van der Waals surface area contributed by atoms with Gasteiger partial charge in [0, 0.05) is 35.3 Å². The van der Waals surface area contributed by atoms with Gasteiger partial charge in [0.25, 0.3) is 5.91 Å². The van der Waals surface area contributed by atoms with Crippen LogP contribution in [0.15, 0.2) is 36.4 Å². The number of aliphatic hydroxyl groups is 1. The first-order valence-electron chi connectivity index (χ1n) is 10.5. The minimum atomic E-state index is -0.282. The van der Waals surface area contributed by atoms with Gasteiger partial charge in [0.2, 0.25) is 0 Å². The van der Waals surface area contributed by atoms with Crippen LogP contribution in [-0.4, -0.2) is 52.7 Å². The summed E-state index contributed by atoms with van der Waals surface area (Å²) in [4.78, 5) is 41.8. The molecule has 2 aliphatic rings. The zero-order chi connectivity index (χ0) is 21.4. The number of aliphatic hydroxyl groups excluding tert-OH is 1. The van der Waals surface area contributed by atoms with Crippen LogP contribution >= 0.6 is 0 Å². The molecule has 2 aromatic rings. The number of hydrogen-bond acceptors (Lipinski definition) is 5. The molecule has 0 saturated carbocycles. The number of amides is 1.